The summed E-state index contributed by atoms with van der Waals surface area (Å²) in [5.74, 6) is 0.627. The molecule has 2 aromatic heterocycles. The highest BCUT2D eigenvalue weighted by Gasteiger charge is 2.25. The quantitative estimate of drug-likeness (QED) is 0.499. The smallest absolute Gasteiger partial charge is 0.251 e. The Labute approximate surface area is 189 Å². The van der Waals surface area contributed by atoms with Crippen LogP contribution in [-0.4, -0.2) is 37.3 Å². The molecule has 0 aliphatic heterocycles. The van der Waals surface area contributed by atoms with E-state index in [0.29, 0.717) is 21.7 Å². The van der Waals surface area contributed by atoms with E-state index in [9.17, 15) is 9.59 Å². The van der Waals surface area contributed by atoms with E-state index in [4.69, 9.17) is 0 Å². The molecule has 0 aliphatic rings. The van der Waals surface area contributed by atoms with E-state index in [1.807, 2.05) is 57.5 Å². The zero-order valence-electron chi connectivity index (χ0n) is 18.2. The third-order valence-corrected chi connectivity index (χ3v) is 6.43. The molecular weight excluding hydrogens is 432 g/mol. The van der Waals surface area contributed by atoms with Crippen LogP contribution < -0.4 is 10.6 Å². The van der Waals surface area contributed by atoms with Gasteiger partial charge in [0.05, 0.1) is 11.8 Å². The minimum Gasteiger partial charge on any atom is -0.342 e. The third kappa shape index (κ3) is 5.92. The molecular formula is C21H26N6O2S2. The largest absolute Gasteiger partial charge is 0.342 e. The zero-order valence-corrected chi connectivity index (χ0v) is 19.8. The first kappa shape index (κ1) is 23.0. The number of thioether (sulfide) groups is 1. The number of nitrogens with zero attached hydrogens (tertiary/aromatic N) is 4. The molecule has 2 N–H and O–H groups in total. The number of carbonyl (C=O) groups is 2. The van der Waals surface area contributed by atoms with Gasteiger partial charge in [0, 0.05) is 23.7 Å². The van der Waals surface area contributed by atoms with Gasteiger partial charge in [0.25, 0.3) is 5.91 Å². The van der Waals surface area contributed by atoms with Crippen molar-refractivity contribution in [3.8, 4) is 0 Å². The molecule has 0 bridgehead atoms. The summed E-state index contributed by atoms with van der Waals surface area (Å²) in [5.41, 5.74) is 1.63. The molecule has 0 saturated heterocycles. The molecule has 0 unspecified atom stereocenters. The molecule has 3 aromatic rings. The zero-order chi connectivity index (χ0) is 22.5. The van der Waals surface area contributed by atoms with Crippen LogP contribution in [0.4, 0.5) is 5.13 Å². The highest BCUT2D eigenvalue weighted by molar-refractivity contribution is 7.99. The molecule has 31 heavy (non-hydrogen) atoms. The summed E-state index contributed by atoms with van der Waals surface area (Å²) in [5, 5.41) is 15.6. The summed E-state index contributed by atoms with van der Waals surface area (Å²) >= 11 is 2.72. The second-order valence-corrected chi connectivity index (χ2v) is 9.75. The van der Waals surface area contributed by atoms with Gasteiger partial charge in [0.1, 0.15) is 0 Å². The molecule has 2 heterocycles. The van der Waals surface area contributed by atoms with Gasteiger partial charge in [0.2, 0.25) is 5.91 Å². The van der Waals surface area contributed by atoms with Gasteiger partial charge in [-0.15, -0.1) is 21.5 Å². The van der Waals surface area contributed by atoms with Crippen molar-refractivity contribution in [2.24, 2.45) is 13.0 Å². The number of thiazole rings is 1. The molecule has 0 saturated carbocycles. The topological polar surface area (TPSA) is 102 Å². The lowest BCUT2D eigenvalue weighted by atomic mass is 10.0. The van der Waals surface area contributed by atoms with Gasteiger partial charge in [-0.1, -0.05) is 43.3 Å². The van der Waals surface area contributed by atoms with Crippen LogP contribution in [0.25, 0.3) is 0 Å². The summed E-state index contributed by atoms with van der Waals surface area (Å²) in [6.07, 6.45) is 1.72. The maximum absolute atomic E-state index is 12.8. The van der Waals surface area contributed by atoms with Crippen molar-refractivity contribution >= 4 is 40.0 Å². The molecule has 1 atom stereocenters. The van der Waals surface area contributed by atoms with E-state index in [0.717, 1.165) is 10.4 Å². The van der Waals surface area contributed by atoms with Crippen molar-refractivity contribution in [1.29, 1.82) is 0 Å². The third-order valence-electron chi connectivity index (χ3n) is 4.58. The van der Waals surface area contributed by atoms with Gasteiger partial charge in [-0.05, 0) is 31.9 Å². The SMILES string of the molecule is Cc1cccc(C(=O)N[C@@H](c2nnc(SCC(=O)Nc3ncc(C)s3)n2C)C(C)C)c1. The van der Waals surface area contributed by atoms with Crippen LogP contribution >= 0.6 is 23.1 Å². The summed E-state index contributed by atoms with van der Waals surface area (Å²) in [6, 6.07) is 7.15. The van der Waals surface area contributed by atoms with Gasteiger partial charge in [-0.2, -0.15) is 0 Å². The second-order valence-electron chi connectivity index (χ2n) is 7.58. The average Bonchev–Trinajstić information content (AvgIpc) is 3.29. The highest BCUT2D eigenvalue weighted by atomic mass is 32.2. The maximum Gasteiger partial charge on any atom is 0.251 e. The predicted molar refractivity (Wildman–Crippen MR) is 123 cm³/mol. The Morgan fingerprint density at radius 3 is 2.65 bits per heavy atom. The molecule has 2 amide bonds. The van der Waals surface area contributed by atoms with Crippen molar-refractivity contribution in [3.05, 3.63) is 52.3 Å². The Hall–Kier alpha value is -2.72. The van der Waals surface area contributed by atoms with Gasteiger partial charge in [-0.25, -0.2) is 4.98 Å². The first-order valence-corrected chi connectivity index (χ1v) is 11.7. The van der Waals surface area contributed by atoms with E-state index in [1.54, 1.807) is 12.3 Å². The number of amides is 2. The molecule has 1 aromatic carbocycles. The van der Waals surface area contributed by atoms with Gasteiger partial charge < -0.3 is 15.2 Å². The Morgan fingerprint density at radius 2 is 2.00 bits per heavy atom. The number of carbonyl (C=O) groups excluding carboxylic acids is 2. The minimum absolute atomic E-state index is 0.103. The van der Waals surface area contributed by atoms with E-state index in [-0.39, 0.29) is 29.5 Å². The number of hydrogen-bond acceptors (Lipinski definition) is 7. The Kier molecular flexibility index (Phi) is 7.45. The first-order chi connectivity index (χ1) is 14.7. The number of aryl methyl sites for hydroxylation is 2. The fraction of sp³-hybridized carbons (Fsp3) is 0.381. The van der Waals surface area contributed by atoms with Crippen LogP contribution in [0.5, 0.6) is 0 Å². The van der Waals surface area contributed by atoms with Crippen LogP contribution in [-0.2, 0) is 11.8 Å². The molecule has 3 rings (SSSR count). The number of aromatic nitrogens is 4. The fourth-order valence-electron chi connectivity index (χ4n) is 2.96. The second kappa shape index (κ2) is 10.1. The molecule has 0 radical (unpaired) electrons. The van der Waals surface area contributed by atoms with Gasteiger partial charge in [-0.3, -0.25) is 9.59 Å². The lowest BCUT2D eigenvalue weighted by Gasteiger charge is -2.21. The van der Waals surface area contributed by atoms with Crippen LogP contribution in [0.1, 0.15) is 46.5 Å². The highest BCUT2D eigenvalue weighted by Crippen LogP contribution is 2.25. The van der Waals surface area contributed by atoms with E-state index in [1.165, 1.54) is 23.1 Å². The first-order valence-electron chi connectivity index (χ1n) is 9.86. The van der Waals surface area contributed by atoms with E-state index < -0.39 is 0 Å². The summed E-state index contributed by atoms with van der Waals surface area (Å²) in [6.45, 7) is 7.93. The Morgan fingerprint density at radius 1 is 1.23 bits per heavy atom. The fourth-order valence-corrected chi connectivity index (χ4v) is 4.36. The molecule has 0 spiro atoms. The van der Waals surface area contributed by atoms with Crippen LogP contribution in [0.15, 0.2) is 35.6 Å². The standard InChI is InChI=1S/C21H26N6O2S2/c1-12(2)17(24-19(29)15-8-6-7-13(3)9-15)18-25-26-21(27(18)5)30-11-16(28)23-20-22-10-14(4)31-20/h6-10,12,17H,11H2,1-5H3,(H,24,29)(H,22,23,28)/t17-/m1/s1. The summed E-state index contributed by atoms with van der Waals surface area (Å²) in [4.78, 5) is 30.1. The molecule has 0 fully saturated rings. The van der Waals surface area contributed by atoms with E-state index in [2.05, 4.69) is 25.8 Å². The van der Waals surface area contributed by atoms with Crippen molar-refractivity contribution in [2.75, 3.05) is 11.1 Å². The maximum atomic E-state index is 12.8. The predicted octanol–water partition coefficient (Wildman–Crippen LogP) is 3.75. The van der Waals surface area contributed by atoms with Crippen LogP contribution in [0, 0.1) is 19.8 Å². The number of benzene rings is 1. The molecule has 164 valence electrons. The summed E-state index contributed by atoms with van der Waals surface area (Å²) in [7, 11) is 1.84. The molecule has 10 heteroatoms. The molecule has 0 aliphatic carbocycles. The summed E-state index contributed by atoms with van der Waals surface area (Å²) < 4.78 is 1.83. The normalized spacial score (nSPS) is 12.1. The van der Waals surface area contributed by atoms with Crippen LogP contribution in [0.3, 0.4) is 0 Å². The number of nitrogens with one attached hydrogen (secondary N) is 2. The van der Waals surface area contributed by atoms with Crippen molar-refractivity contribution in [1.82, 2.24) is 25.1 Å². The van der Waals surface area contributed by atoms with E-state index >= 15 is 0 Å². The van der Waals surface area contributed by atoms with Gasteiger partial charge in [0.15, 0.2) is 16.1 Å². The van der Waals surface area contributed by atoms with Crippen molar-refractivity contribution < 1.29 is 9.59 Å². The minimum atomic E-state index is -0.313. The van der Waals surface area contributed by atoms with Crippen LogP contribution in [0.2, 0.25) is 0 Å². The van der Waals surface area contributed by atoms with Crippen molar-refractivity contribution in [2.45, 2.75) is 38.9 Å². The lowest BCUT2D eigenvalue weighted by molar-refractivity contribution is -0.113. The average molecular weight is 459 g/mol. The monoisotopic (exact) mass is 458 g/mol. The number of rotatable bonds is 8. The number of hydrogen-bond donors (Lipinski definition) is 2. The Balaban J connectivity index is 1.67. The number of anilines is 1. The van der Waals surface area contributed by atoms with Crippen molar-refractivity contribution in [3.63, 3.8) is 0 Å². The Bertz CT molecular complexity index is 1080. The molecule has 8 nitrogen and oxygen atoms in total. The van der Waals surface area contributed by atoms with Gasteiger partial charge >= 0.3 is 0 Å². The lowest BCUT2D eigenvalue weighted by Crippen LogP contribution is -2.33.